The van der Waals surface area contributed by atoms with Gasteiger partial charge in [0.2, 0.25) is 0 Å². The second-order valence-electron chi connectivity index (χ2n) is 4.31. The van der Waals surface area contributed by atoms with E-state index in [1.165, 1.54) is 12.1 Å². The maximum atomic E-state index is 12.7. The first-order chi connectivity index (χ1) is 9.74. The molecule has 1 heterocycles. The summed E-state index contributed by atoms with van der Waals surface area (Å²) in [6, 6.07) is 11.6. The monoisotopic (exact) mass is 273 g/mol. The van der Waals surface area contributed by atoms with Crippen LogP contribution in [0.5, 0.6) is 0 Å². The molecule has 2 aromatic rings. The lowest BCUT2D eigenvalue weighted by Gasteiger charge is -2.07. The number of halogens is 1. The Bertz CT molecular complexity index is 543. The third-order valence-corrected chi connectivity index (χ3v) is 2.77. The fourth-order valence-electron chi connectivity index (χ4n) is 1.71. The van der Waals surface area contributed by atoms with E-state index in [0.29, 0.717) is 19.5 Å². The Morgan fingerprint density at radius 1 is 1.10 bits per heavy atom. The van der Waals surface area contributed by atoms with E-state index in [0.717, 1.165) is 11.3 Å². The molecule has 2 N–H and O–H groups in total. The molecule has 0 fully saturated rings. The highest BCUT2D eigenvalue weighted by Gasteiger charge is 2.00. The molecule has 0 aliphatic carbocycles. The molecule has 2 rings (SSSR count). The number of nitrogens with zero attached hydrogens (tertiary/aromatic N) is 1. The number of pyridine rings is 1. The Balaban J connectivity index is 1.66. The molecule has 104 valence electrons. The molecule has 4 nitrogen and oxygen atoms in total. The summed E-state index contributed by atoms with van der Waals surface area (Å²) in [4.78, 5) is 15.7. The number of benzene rings is 1. The summed E-state index contributed by atoms with van der Waals surface area (Å²) >= 11 is 0. The van der Waals surface area contributed by atoms with Crippen molar-refractivity contribution in [3.8, 4) is 0 Å². The smallest absolute Gasteiger partial charge is 0.315 e. The van der Waals surface area contributed by atoms with Crippen LogP contribution in [0.25, 0.3) is 0 Å². The van der Waals surface area contributed by atoms with Crippen LogP contribution in [0.2, 0.25) is 0 Å². The van der Waals surface area contributed by atoms with Gasteiger partial charge in [-0.25, -0.2) is 9.18 Å². The average Bonchev–Trinajstić information content (AvgIpc) is 2.48. The van der Waals surface area contributed by atoms with Gasteiger partial charge in [0.15, 0.2) is 0 Å². The highest BCUT2D eigenvalue weighted by atomic mass is 19.1. The number of hydrogen-bond donors (Lipinski definition) is 2. The zero-order valence-electron chi connectivity index (χ0n) is 11.0. The first-order valence-corrected chi connectivity index (χ1v) is 6.40. The highest BCUT2D eigenvalue weighted by molar-refractivity contribution is 5.73. The first-order valence-electron chi connectivity index (χ1n) is 6.40. The molecule has 0 spiro atoms. The SMILES string of the molecule is O=C(NCCc1ccc(F)cc1)NCc1ccccn1. The summed E-state index contributed by atoms with van der Waals surface area (Å²) in [5, 5.41) is 5.47. The molecule has 0 radical (unpaired) electrons. The summed E-state index contributed by atoms with van der Waals surface area (Å²) in [6.45, 7) is 0.892. The number of carbonyl (C=O) groups excluding carboxylic acids is 1. The quantitative estimate of drug-likeness (QED) is 0.878. The van der Waals surface area contributed by atoms with E-state index in [1.54, 1.807) is 18.3 Å². The summed E-state index contributed by atoms with van der Waals surface area (Å²) in [7, 11) is 0. The summed E-state index contributed by atoms with van der Waals surface area (Å²) < 4.78 is 12.7. The van der Waals surface area contributed by atoms with Crippen LogP contribution < -0.4 is 10.6 Å². The second kappa shape index (κ2) is 7.23. The number of rotatable bonds is 5. The molecular weight excluding hydrogens is 257 g/mol. The molecule has 1 aromatic carbocycles. The molecule has 2 amide bonds. The van der Waals surface area contributed by atoms with Crippen LogP contribution in [-0.4, -0.2) is 17.6 Å². The van der Waals surface area contributed by atoms with Crippen molar-refractivity contribution in [2.24, 2.45) is 0 Å². The van der Waals surface area contributed by atoms with Crippen molar-refractivity contribution < 1.29 is 9.18 Å². The minimum absolute atomic E-state index is 0.238. The third-order valence-electron chi connectivity index (χ3n) is 2.77. The fourth-order valence-corrected chi connectivity index (χ4v) is 1.71. The van der Waals surface area contributed by atoms with Crippen molar-refractivity contribution in [1.82, 2.24) is 15.6 Å². The number of aromatic nitrogens is 1. The Morgan fingerprint density at radius 2 is 1.90 bits per heavy atom. The predicted molar refractivity (Wildman–Crippen MR) is 74.6 cm³/mol. The van der Waals surface area contributed by atoms with E-state index in [1.807, 2.05) is 18.2 Å². The highest BCUT2D eigenvalue weighted by Crippen LogP contribution is 2.02. The van der Waals surface area contributed by atoms with Crippen molar-refractivity contribution in [3.05, 3.63) is 65.7 Å². The Hall–Kier alpha value is -2.43. The lowest BCUT2D eigenvalue weighted by atomic mass is 10.1. The van der Waals surface area contributed by atoms with Crippen molar-refractivity contribution >= 4 is 6.03 Å². The Kier molecular flexibility index (Phi) is 5.06. The zero-order valence-corrected chi connectivity index (χ0v) is 11.0. The van der Waals surface area contributed by atoms with Crippen LogP contribution in [0.1, 0.15) is 11.3 Å². The minimum Gasteiger partial charge on any atom is -0.338 e. The van der Waals surface area contributed by atoms with Crippen molar-refractivity contribution in [2.75, 3.05) is 6.54 Å². The van der Waals surface area contributed by atoms with Gasteiger partial charge in [0.05, 0.1) is 12.2 Å². The van der Waals surface area contributed by atoms with Gasteiger partial charge >= 0.3 is 6.03 Å². The van der Waals surface area contributed by atoms with E-state index in [-0.39, 0.29) is 11.8 Å². The molecule has 0 bridgehead atoms. The molecule has 1 aromatic heterocycles. The normalized spacial score (nSPS) is 10.1. The van der Waals surface area contributed by atoms with Gasteiger partial charge in [0, 0.05) is 12.7 Å². The standard InChI is InChI=1S/C15H16FN3O/c16-13-6-4-12(5-7-13)8-10-18-15(20)19-11-14-3-1-2-9-17-14/h1-7,9H,8,10-11H2,(H2,18,19,20). The van der Waals surface area contributed by atoms with Gasteiger partial charge in [0.25, 0.3) is 0 Å². The number of urea groups is 1. The van der Waals surface area contributed by atoms with E-state index in [9.17, 15) is 9.18 Å². The molecule has 20 heavy (non-hydrogen) atoms. The largest absolute Gasteiger partial charge is 0.338 e. The van der Waals surface area contributed by atoms with E-state index in [2.05, 4.69) is 15.6 Å². The molecule has 0 saturated carbocycles. The fraction of sp³-hybridized carbons (Fsp3) is 0.200. The van der Waals surface area contributed by atoms with Gasteiger partial charge in [-0.15, -0.1) is 0 Å². The van der Waals surface area contributed by atoms with Gasteiger partial charge in [-0.05, 0) is 36.2 Å². The maximum absolute atomic E-state index is 12.7. The number of amides is 2. The van der Waals surface area contributed by atoms with E-state index >= 15 is 0 Å². The predicted octanol–water partition coefficient (Wildman–Crippen LogP) is 2.26. The average molecular weight is 273 g/mol. The molecule has 0 saturated heterocycles. The van der Waals surface area contributed by atoms with Crippen molar-refractivity contribution in [2.45, 2.75) is 13.0 Å². The van der Waals surface area contributed by atoms with Gasteiger partial charge in [-0.3, -0.25) is 4.98 Å². The van der Waals surface area contributed by atoms with Crippen LogP contribution in [0.15, 0.2) is 48.7 Å². The summed E-state index contributed by atoms with van der Waals surface area (Å²) in [5.41, 5.74) is 1.79. The van der Waals surface area contributed by atoms with Crippen LogP contribution in [0, 0.1) is 5.82 Å². The first kappa shape index (κ1) is 14.0. The van der Waals surface area contributed by atoms with E-state index in [4.69, 9.17) is 0 Å². The lowest BCUT2D eigenvalue weighted by Crippen LogP contribution is -2.36. The van der Waals surface area contributed by atoms with Gasteiger partial charge in [0.1, 0.15) is 5.82 Å². The third kappa shape index (κ3) is 4.68. The number of carbonyl (C=O) groups is 1. The molecular formula is C15H16FN3O. The minimum atomic E-state index is -0.255. The maximum Gasteiger partial charge on any atom is 0.315 e. The lowest BCUT2D eigenvalue weighted by molar-refractivity contribution is 0.240. The van der Waals surface area contributed by atoms with Crippen LogP contribution in [-0.2, 0) is 13.0 Å². The number of hydrogen-bond acceptors (Lipinski definition) is 2. The topological polar surface area (TPSA) is 54.0 Å². The van der Waals surface area contributed by atoms with E-state index < -0.39 is 0 Å². The van der Waals surface area contributed by atoms with Gasteiger partial charge in [-0.2, -0.15) is 0 Å². The number of nitrogens with one attached hydrogen (secondary N) is 2. The van der Waals surface area contributed by atoms with Crippen molar-refractivity contribution in [1.29, 1.82) is 0 Å². The summed E-state index contributed by atoms with van der Waals surface area (Å²) in [5.74, 6) is -0.255. The molecule has 0 aliphatic heterocycles. The van der Waals surface area contributed by atoms with Crippen LogP contribution >= 0.6 is 0 Å². The molecule has 5 heteroatoms. The molecule has 0 aliphatic rings. The zero-order chi connectivity index (χ0) is 14.2. The Morgan fingerprint density at radius 3 is 2.60 bits per heavy atom. The van der Waals surface area contributed by atoms with Gasteiger partial charge in [-0.1, -0.05) is 18.2 Å². The molecule has 0 atom stereocenters. The van der Waals surface area contributed by atoms with Crippen LogP contribution in [0.3, 0.4) is 0 Å². The second-order valence-corrected chi connectivity index (χ2v) is 4.31. The molecule has 0 unspecified atom stereocenters. The van der Waals surface area contributed by atoms with Gasteiger partial charge < -0.3 is 10.6 Å². The Labute approximate surface area is 117 Å². The van der Waals surface area contributed by atoms with Crippen molar-refractivity contribution in [3.63, 3.8) is 0 Å². The van der Waals surface area contributed by atoms with Crippen LogP contribution in [0.4, 0.5) is 9.18 Å². The summed E-state index contributed by atoms with van der Waals surface area (Å²) in [6.07, 6.45) is 2.35.